The third kappa shape index (κ3) is 5.99. The summed E-state index contributed by atoms with van der Waals surface area (Å²) in [6, 6.07) is 3.71. The number of benzene rings is 1. The minimum absolute atomic E-state index is 0.340. The maximum absolute atomic E-state index is 12.2. The van der Waals surface area contributed by atoms with Gasteiger partial charge in [0.1, 0.15) is 11.5 Å². The van der Waals surface area contributed by atoms with E-state index in [2.05, 4.69) is 22.9 Å². The van der Waals surface area contributed by atoms with Crippen molar-refractivity contribution in [1.29, 1.82) is 0 Å². The maximum atomic E-state index is 12.2. The lowest BCUT2D eigenvalue weighted by Crippen LogP contribution is -2.17. The molecule has 1 aromatic rings. The summed E-state index contributed by atoms with van der Waals surface area (Å²) in [5, 5.41) is 0. The van der Waals surface area contributed by atoms with Gasteiger partial charge in [-0.3, -0.25) is 4.99 Å². The van der Waals surface area contributed by atoms with E-state index in [0.29, 0.717) is 17.0 Å². The van der Waals surface area contributed by atoms with E-state index < -0.39 is 6.36 Å². The highest BCUT2D eigenvalue weighted by molar-refractivity contribution is 5.85. The first-order valence-corrected chi connectivity index (χ1v) is 5.81. The molecule has 21 heavy (non-hydrogen) atoms. The topological polar surface area (TPSA) is 30.8 Å². The van der Waals surface area contributed by atoms with Gasteiger partial charge < -0.3 is 9.47 Å². The number of rotatable bonds is 6. The SMILES string of the molecule is C=C/C=C\C(=C)N=Cc1cc(OC(F)(F)F)ccc1OC. The third-order valence-corrected chi connectivity index (χ3v) is 2.23. The smallest absolute Gasteiger partial charge is 0.496 e. The van der Waals surface area contributed by atoms with Crippen LogP contribution in [0.3, 0.4) is 0 Å². The average molecular weight is 297 g/mol. The number of hydrogen-bond donors (Lipinski definition) is 0. The summed E-state index contributed by atoms with van der Waals surface area (Å²) in [5.74, 6) is 0.0192. The van der Waals surface area contributed by atoms with Gasteiger partial charge in [0, 0.05) is 11.8 Å². The molecule has 1 rings (SSSR count). The Morgan fingerprint density at radius 3 is 2.62 bits per heavy atom. The first-order chi connectivity index (χ1) is 9.85. The lowest BCUT2D eigenvalue weighted by molar-refractivity contribution is -0.274. The highest BCUT2D eigenvalue weighted by atomic mass is 19.4. The second-order valence-corrected chi connectivity index (χ2v) is 3.80. The van der Waals surface area contributed by atoms with Crippen LogP contribution in [0.2, 0.25) is 0 Å². The van der Waals surface area contributed by atoms with E-state index in [1.165, 1.54) is 25.5 Å². The summed E-state index contributed by atoms with van der Waals surface area (Å²) in [4.78, 5) is 4.01. The third-order valence-electron chi connectivity index (χ3n) is 2.23. The van der Waals surface area contributed by atoms with E-state index in [1.807, 2.05) is 0 Å². The van der Waals surface area contributed by atoms with Crippen LogP contribution in [0.5, 0.6) is 11.5 Å². The zero-order valence-electron chi connectivity index (χ0n) is 11.4. The van der Waals surface area contributed by atoms with Crippen LogP contribution in [0.15, 0.2) is 60.3 Å². The zero-order valence-corrected chi connectivity index (χ0v) is 11.4. The van der Waals surface area contributed by atoms with Crippen molar-refractivity contribution >= 4 is 6.21 Å². The lowest BCUT2D eigenvalue weighted by Gasteiger charge is -2.11. The Balaban J connectivity index is 3.00. The number of hydrogen-bond acceptors (Lipinski definition) is 3. The predicted molar refractivity (Wildman–Crippen MR) is 75.7 cm³/mol. The molecule has 6 heteroatoms. The molecule has 0 spiro atoms. The average Bonchev–Trinajstić information content (AvgIpc) is 2.41. The molecule has 112 valence electrons. The van der Waals surface area contributed by atoms with Crippen LogP contribution in [-0.2, 0) is 0 Å². The molecule has 0 bridgehead atoms. The number of alkyl halides is 3. The van der Waals surface area contributed by atoms with Gasteiger partial charge >= 0.3 is 6.36 Å². The minimum Gasteiger partial charge on any atom is -0.496 e. The van der Waals surface area contributed by atoms with E-state index >= 15 is 0 Å². The second-order valence-electron chi connectivity index (χ2n) is 3.80. The highest BCUT2D eigenvalue weighted by Gasteiger charge is 2.31. The van der Waals surface area contributed by atoms with Crippen molar-refractivity contribution < 1.29 is 22.6 Å². The Morgan fingerprint density at radius 2 is 2.05 bits per heavy atom. The first kappa shape index (κ1) is 16.6. The van der Waals surface area contributed by atoms with Crippen LogP contribution >= 0.6 is 0 Å². The number of halogens is 3. The molecule has 3 nitrogen and oxygen atoms in total. The molecule has 0 N–H and O–H groups in total. The van der Waals surface area contributed by atoms with Crippen molar-refractivity contribution in [2.24, 2.45) is 4.99 Å². The maximum Gasteiger partial charge on any atom is 0.573 e. The van der Waals surface area contributed by atoms with Gasteiger partial charge in [0.15, 0.2) is 0 Å². The van der Waals surface area contributed by atoms with Crippen LogP contribution in [0.1, 0.15) is 5.56 Å². The monoisotopic (exact) mass is 297 g/mol. The Kier molecular flexibility index (Phi) is 5.78. The van der Waals surface area contributed by atoms with Gasteiger partial charge in [-0.05, 0) is 24.3 Å². The molecule has 0 radical (unpaired) electrons. The van der Waals surface area contributed by atoms with E-state index in [1.54, 1.807) is 18.2 Å². The number of methoxy groups -OCH3 is 1. The molecule has 0 aliphatic carbocycles. The van der Waals surface area contributed by atoms with E-state index in [9.17, 15) is 13.2 Å². The summed E-state index contributed by atoms with van der Waals surface area (Å²) in [6.07, 6.45) is 1.39. The molecule has 0 fully saturated rings. The van der Waals surface area contributed by atoms with Gasteiger partial charge in [-0.25, -0.2) is 0 Å². The normalized spacial score (nSPS) is 11.8. The highest BCUT2D eigenvalue weighted by Crippen LogP contribution is 2.27. The first-order valence-electron chi connectivity index (χ1n) is 5.81. The number of allylic oxidation sites excluding steroid dienone is 3. The van der Waals surface area contributed by atoms with Gasteiger partial charge in [0.25, 0.3) is 0 Å². The van der Waals surface area contributed by atoms with Crippen LogP contribution < -0.4 is 9.47 Å². The molecule has 0 saturated heterocycles. The Morgan fingerprint density at radius 1 is 1.33 bits per heavy atom. The Labute approximate surface area is 120 Å². The van der Waals surface area contributed by atoms with Crippen molar-refractivity contribution in [1.82, 2.24) is 0 Å². The van der Waals surface area contributed by atoms with Crippen LogP contribution in [0.25, 0.3) is 0 Å². The zero-order chi connectivity index (χ0) is 15.9. The molecule has 0 unspecified atom stereocenters. The summed E-state index contributed by atoms with van der Waals surface area (Å²) in [7, 11) is 1.41. The fourth-order valence-electron chi connectivity index (χ4n) is 1.39. The standard InChI is InChI=1S/C15H14F3NO2/c1-4-5-6-11(2)19-10-12-9-13(21-15(16,17)18)7-8-14(12)20-3/h4-10H,1-2H2,3H3/b6-5-,19-10?. The summed E-state index contributed by atoms with van der Waals surface area (Å²) < 4.78 is 45.5. The van der Waals surface area contributed by atoms with Crippen LogP contribution in [0.4, 0.5) is 13.2 Å². The predicted octanol–water partition coefficient (Wildman–Crippen LogP) is 4.27. The molecular weight excluding hydrogens is 283 g/mol. The second kappa shape index (κ2) is 7.33. The lowest BCUT2D eigenvalue weighted by atomic mass is 10.2. The van der Waals surface area contributed by atoms with Gasteiger partial charge in [0.2, 0.25) is 0 Å². The summed E-state index contributed by atoms with van der Waals surface area (Å²) in [5.41, 5.74) is 0.756. The van der Waals surface area contributed by atoms with Crippen molar-refractivity contribution in [3.05, 3.63) is 60.8 Å². The molecule has 1 aromatic carbocycles. The van der Waals surface area contributed by atoms with E-state index in [4.69, 9.17) is 4.74 Å². The molecule has 0 aliphatic heterocycles. The quantitative estimate of drug-likeness (QED) is 0.580. The molecule has 0 atom stereocenters. The van der Waals surface area contributed by atoms with E-state index in [0.717, 1.165) is 6.07 Å². The van der Waals surface area contributed by atoms with Gasteiger partial charge in [0.05, 0.1) is 12.8 Å². The van der Waals surface area contributed by atoms with Gasteiger partial charge in [-0.1, -0.05) is 25.3 Å². The molecule has 0 aliphatic rings. The van der Waals surface area contributed by atoms with Crippen molar-refractivity contribution in [2.75, 3.05) is 7.11 Å². The molecule has 0 saturated carbocycles. The largest absolute Gasteiger partial charge is 0.573 e. The molecular formula is C15H14F3NO2. The van der Waals surface area contributed by atoms with Crippen molar-refractivity contribution in [3.63, 3.8) is 0 Å². The fourth-order valence-corrected chi connectivity index (χ4v) is 1.39. The van der Waals surface area contributed by atoms with Gasteiger partial charge in [-0.2, -0.15) is 0 Å². The number of ether oxygens (including phenoxy) is 2. The molecule has 0 amide bonds. The van der Waals surface area contributed by atoms with Crippen LogP contribution in [-0.4, -0.2) is 19.7 Å². The fraction of sp³-hybridized carbons (Fsp3) is 0.133. The minimum atomic E-state index is -4.75. The van der Waals surface area contributed by atoms with Gasteiger partial charge in [-0.15, -0.1) is 13.2 Å². The van der Waals surface area contributed by atoms with Crippen molar-refractivity contribution in [3.8, 4) is 11.5 Å². The number of nitrogens with zero attached hydrogens (tertiary/aromatic N) is 1. The Hall–Kier alpha value is -2.50. The number of aliphatic imine (C=N–C) groups is 1. The summed E-state index contributed by atoms with van der Waals surface area (Å²) >= 11 is 0. The Bertz CT molecular complexity index is 575. The van der Waals surface area contributed by atoms with Crippen LogP contribution in [0, 0.1) is 0 Å². The van der Waals surface area contributed by atoms with E-state index in [-0.39, 0.29) is 5.75 Å². The molecule has 0 aromatic heterocycles. The summed E-state index contributed by atoms with van der Waals surface area (Å²) in [6.45, 7) is 7.16. The molecule has 0 heterocycles. The van der Waals surface area contributed by atoms with Crippen molar-refractivity contribution in [2.45, 2.75) is 6.36 Å².